The Morgan fingerprint density at radius 1 is 1.56 bits per heavy atom. The highest BCUT2D eigenvalue weighted by Crippen LogP contribution is 2.23. The molecule has 0 radical (unpaired) electrons. The number of aromatic nitrogens is 3. The molecule has 6 nitrogen and oxygen atoms in total. The van der Waals surface area contributed by atoms with Crippen LogP contribution in [0.4, 0.5) is 0 Å². The van der Waals surface area contributed by atoms with Crippen molar-refractivity contribution in [3.8, 4) is 0 Å². The van der Waals surface area contributed by atoms with Gasteiger partial charge >= 0.3 is 0 Å². The van der Waals surface area contributed by atoms with Crippen LogP contribution in [0.25, 0.3) is 0 Å². The molecule has 2 unspecified atom stereocenters. The van der Waals surface area contributed by atoms with Crippen molar-refractivity contribution in [2.24, 2.45) is 5.73 Å². The van der Waals surface area contributed by atoms with Crippen LogP contribution >= 0.6 is 0 Å². The van der Waals surface area contributed by atoms with Crippen molar-refractivity contribution in [3.05, 3.63) is 11.4 Å². The summed E-state index contributed by atoms with van der Waals surface area (Å²) in [6, 6.07) is -0.0691. The molecule has 0 spiro atoms. The molecule has 1 heterocycles. The smallest absolute Gasteiger partial charge is 0.102 e. The first-order valence-corrected chi connectivity index (χ1v) is 5.47. The van der Waals surface area contributed by atoms with E-state index in [4.69, 9.17) is 10.5 Å². The topological polar surface area (TPSA) is 86.2 Å². The molecule has 0 saturated carbocycles. The Morgan fingerprint density at radius 2 is 2.25 bits per heavy atom. The summed E-state index contributed by atoms with van der Waals surface area (Å²) in [5.41, 5.74) is 7.18. The molecule has 1 aromatic heterocycles. The van der Waals surface area contributed by atoms with Gasteiger partial charge in [0.1, 0.15) is 5.69 Å². The van der Waals surface area contributed by atoms with E-state index in [2.05, 4.69) is 10.3 Å². The Kier molecular flexibility index (Phi) is 4.85. The molecule has 0 bridgehead atoms. The minimum absolute atomic E-state index is 0.0350. The fourth-order valence-electron chi connectivity index (χ4n) is 1.66. The monoisotopic (exact) mass is 228 g/mol. The van der Waals surface area contributed by atoms with Gasteiger partial charge in [-0.1, -0.05) is 12.1 Å². The highest BCUT2D eigenvalue weighted by Gasteiger charge is 2.22. The van der Waals surface area contributed by atoms with E-state index >= 15 is 0 Å². The largest absolute Gasteiger partial charge is 0.394 e. The van der Waals surface area contributed by atoms with Gasteiger partial charge in [-0.15, -0.1) is 5.10 Å². The van der Waals surface area contributed by atoms with Crippen molar-refractivity contribution in [2.75, 3.05) is 13.7 Å². The number of hydrogen-bond donors (Lipinski definition) is 2. The summed E-state index contributed by atoms with van der Waals surface area (Å²) in [7, 11) is 1.63. The van der Waals surface area contributed by atoms with Crippen LogP contribution in [0.2, 0.25) is 0 Å². The van der Waals surface area contributed by atoms with Gasteiger partial charge in [0.05, 0.1) is 24.4 Å². The minimum Gasteiger partial charge on any atom is -0.394 e. The molecule has 6 heteroatoms. The first-order valence-electron chi connectivity index (χ1n) is 5.47. The van der Waals surface area contributed by atoms with E-state index in [1.54, 1.807) is 11.8 Å². The second-order valence-corrected chi connectivity index (χ2v) is 3.69. The fourth-order valence-corrected chi connectivity index (χ4v) is 1.66. The maximum atomic E-state index is 9.28. The van der Waals surface area contributed by atoms with Crippen LogP contribution in [0.1, 0.15) is 43.8 Å². The number of aliphatic hydroxyl groups excluding tert-OH is 1. The molecule has 0 aliphatic carbocycles. The average Bonchev–Trinajstić information content (AvgIpc) is 2.73. The van der Waals surface area contributed by atoms with Crippen LogP contribution in [-0.4, -0.2) is 33.8 Å². The maximum absolute atomic E-state index is 9.28. The van der Waals surface area contributed by atoms with E-state index < -0.39 is 0 Å². The van der Waals surface area contributed by atoms with E-state index in [-0.39, 0.29) is 18.8 Å². The van der Waals surface area contributed by atoms with Gasteiger partial charge in [0.15, 0.2) is 0 Å². The van der Waals surface area contributed by atoms with E-state index in [0.29, 0.717) is 6.54 Å². The van der Waals surface area contributed by atoms with Gasteiger partial charge in [-0.2, -0.15) is 0 Å². The molecule has 16 heavy (non-hydrogen) atoms. The Labute approximate surface area is 95.4 Å². The van der Waals surface area contributed by atoms with Crippen molar-refractivity contribution in [1.29, 1.82) is 0 Å². The molecule has 2 atom stereocenters. The molecule has 0 aliphatic rings. The van der Waals surface area contributed by atoms with Crippen LogP contribution in [0.3, 0.4) is 0 Å². The molecule has 1 rings (SSSR count). The molecular weight excluding hydrogens is 208 g/mol. The lowest BCUT2D eigenvalue weighted by molar-refractivity contribution is 0.104. The van der Waals surface area contributed by atoms with Crippen LogP contribution in [0, 0.1) is 0 Å². The standard InChI is InChI=1S/C10H20N4O2/c1-4-8(6-15)14-10(7(2)16-3)9(5-11)12-13-14/h7-8,15H,4-6,11H2,1-3H3. The third-order valence-corrected chi connectivity index (χ3v) is 2.76. The predicted molar refractivity (Wildman–Crippen MR) is 59.8 cm³/mol. The lowest BCUT2D eigenvalue weighted by Crippen LogP contribution is -2.19. The molecule has 0 aromatic carbocycles. The second kappa shape index (κ2) is 5.93. The Balaban J connectivity index is 3.13. The summed E-state index contributed by atoms with van der Waals surface area (Å²) in [6.45, 7) is 4.27. The number of ether oxygens (including phenoxy) is 1. The van der Waals surface area contributed by atoms with Crippen molar-refractivity contribution in [2.45, 2.75) is 39.0 Å². The number of rotatable bonds is 6. The van der Waals surface area contributed by atoms with Gasteiger partial charge in [0, 0.05) is 13.7 Å². The molecule has 0 fully saturated rings. The minimum atomic E-state index is -0.130. The number of hydrogen-bond acceptors (Lipinski definition) is 5. The zero-order valence-corrected chi connectivity index (χ0v) is 10.1. The van der Waals surface area contributed by atoms with Gasteiger partial charge in [-0.25, -0.2) is 4.68 Å². The number of nitrogens with zero attached hydrogens (tertiary/aromatic N) is 3. The van der Waals surface area contributed by atoms with Crippen molar-refractivity contribution < 1.29 is 9.84 Å². The molecule has 0 amide bonds. The summed E-state index contributed by atoms with van der Waals surface area (Å²) in [5.74, 6) is 0. The molecule has 0 aliphatic heterocycles. The fraction of sp³-hybridized carbons (Fsp3) is 0.800. The normalized spacial score (nSPS) is 15.1. The lowest BCUT2D eigenvalue weighted by Gasteiger charge is -2.18. The van der Waals surface area contributed by atoms with Crippen LogP contribution in [-0.2, 0) is 11.3 Å². The van der Waals surface area contributed by atoms with E-state index in [1.807, 2.05) is 13.8 Å². The zero-order valence-electron chi connectivity index (χ0n) is 10.1. The molecule has 0 saturated heterocycles. The third kappa shape index (κ3) is 2.40. The number of methoxy groups -OCH3 is 1. The van der Waals surface area contributed by atoms with Crippen LogP contribution in [0.5, 0.6) is 0 Å². The summed E-state index contributed by atoms with van der Waals surface area (Å²) in [5, 5.41) is 17.3. The van der Waals surface area contributed by atoms with Gasteiger partial charge < -0.3 is 15.6 Å². The van der Waals surface area contributed by atoms with Gasteiger partial charge in [-0.05, 0) is 13.3 Å². The first kappa shape index (κ1) is 13.1. The van der Waals surface area contributed by atoms with E-state index in [1.165, 1.54) is 0 Å². The Bertz CT molecular complexity index is 323. The van der Waals surface area contributed by atoms with Crippen molar-refractivity contribution >= 4 is 0 Å². The summed E-state index contributed by atoms with van der Waals surface area (Å²) >= 11 is 0. The lowest BCUT2D eigenvalue weighted by atomic mass is 10.1. The first-order chi connectivity index (χ1) is 7.69. The highest BCUT2D eigenvalue weighted by atomic mass is 16.5. The summed E-state index contributed by atoms with van der Waals surface area (Å²) < 4.78 is 7.00. The maximum Gasteiger partial charge on any atom is 0.102 e. The van der Waals surface area contributed by atoms with Crippen molar-refractivity contribution in [1.82, 2.24) is 15.0 Å². The molecule has 1 aromatic rings. The van der Waals surface area contributed by atoms with Crippen LogP contribution < -0.4 is 5.73 Å². The van der Waals surface area contributed by atoms with E-state index in [9.17, 15) is 5.11 Å². The third-order valence-electron chi connectivity index (χ3n) is 2.76. The average molecular weight is 228 g/mol. The van der Waals surface area contributed by atoms with Crippen LogP contribution in [0.15, 0.2) is 0 Å². The van der Waals surface area contributed by atoms with Gasteiger partial charge in [0.25, 0.3) is 0 Å². The predicted octanol–water partition coefficient (Wildman–Crippen LogP) is 0.388. The Morgan fingerprint density at radius 3 is 2.69 bits per heavy atom. The van der Waals surface area contributed by atoms with Crippen molar-refractivity contribution in [3.63, 3.8) is 0 Å². The summed E-state index contributed by atoms with van der Waals surface area (Å²) in [6.07, 6.45) is 0.655. The molecule has 3 N–H and O–H groups in total. The zero-order chi connectivity index (χ0) is 12.1. The Hall–Kier alpha value is -0.980. The summed E-state index contributed by atoms with van der Waals surface area (Å²) in [4.78, 5) is 0. The molecule has 92 valence electrons. The highest BCUT2D eigenvalue weighted by molar-refractivity contribution is 5.13. The number of nitrogens with two attached hydrogens (primary N) is 1. The quantitative estimate of drug-likeness (QED) is 0.735. The molecular formula is C10H20N4O2. The van der Waals surface area contributed by atoms with Gasteiger partial charge in [-0.3, -0.25) is 0 Å². The second-order valence-electron chi connectivity index (χ2n) is 3.69. The number of aliphatic hydroxyl groups is 1. The van der Waals surface area contributed by atoms with Gasteiger partial charge in [0.2, 0.25) is 0 Å². The SMILES string of the molecule is CCC(CO)n1nnc(CN)c1C(C)OC. The van der Waals surface area contributed by atoms with E-state index in [0.717, 1.165) is 17.8 Å².